The molecule has 25 heavy (non-hydrogen) atoms. The third-order valence-electron chi connectivity index (χ3n) is 3.61. The molecule has 5 heteroatoms. The minimum absolute atomic E-state index is 0.102. The number of ether oxygens (including phenoxy) is 2. The van der Waals surface area contributed by atoms with E-state index >= 15 is 0 Å². The Morgan fingerprint density at radius 1 is 0.960 bits per heavy atom. The van der Waals surface area contributed by atoms with Crippen molar-refractivity contribution in [3.8, 4) is 11.5 Å². The van der Waals surface area contributed by atoms with Crippen LogP contribution in [0.5, 0.6) is 11.5 Å². The van der Waals surface area contributed by atoms with Gasteiger partial charge in [0.2, 0.25) is 0 Å². The van der Waals surface area contributed by atoms with Gasteiger partial charge in [0.15, 0.2) is 0 Å². The second-order valence-corrected chi connectivity index (χ2v) is 5.94. The summed E-state index contributed by atoms with van der Waals surface area (Å²) >= 11 is 0. The van der Waals surface area contributed by atoms with E-state index in [1.807, 2.05) is 45.3 Å². The molecule has 0 aliphatic carbocycles. The van der Waals surface area contributed by atoms with Gasteiger partial charge in [0.25, 0.3) is 5.91 Å². The first-order valence-electron chi connectivity index (χ1n) is 8.46. The average Bonchev–Trinajstić information content (AvgIpc) is 2.61. The first-order chi connectivity index (χ1) is 12.1. The van der Waals surface area contributed by atoms with Crippen molar-refractivity contribution in [3.63, 3.8) is 0 Å². The monoisotopic (exact) mass is 342 g/mol. The van der Waals surface area contributed by atoms with E-state index in [4.69, 9.17) is 9.47 Å². The molecule has 0 saturated carbocycles. The van der Waals surface area contributed by atoms with E-state index in [1.165, 1.54) is 0 Å². The van der Waals surface area contributed by atoms with Crippen molar-refractivity contribution in [1.82, 2.24) is 10.2 Å². The number of carbonyl (C=O) groups is 1. The van der Waals surface area contributed by atoms with Gasteiger partial charge in [-0.1, -0.05) is 12.1 Å². The standard InChI is InChI=1S/C20H26N2O3/c1-4-24-18-11-7-17(8-12-18)20(23)21-15-16-5-9-19(10-6-16)25-14-13-22(2)3/h5-12H,4,13-15H2,1-3H3,(H,21,23). The number of nitrogens with zero attached hydrogens (tertiary/aromatic N) is 1. The maximum absolute atomic E-state index is 12.2. The number of likely N-dealkylation sites (N-methyl/N-ethyl adjacent to an activating group) is 1. The number of rotatable bonds is 9. The van der Waals surface area contributed by atoms with E-state index < -0.39 is 0 Å². The summed E-state index contributed by atoms with van der Waals surface area (Å²) in [6, 6.07) is 14.9. The topological polar surface area (TPSA) is 50.8 Å². The summed E-state index contributed by atoms with van der Waals surface area (Å²) < 4.78 is 11.0. The van der Waals surface area contributed by atoms with E-state index in [1.54, 1.807) is 24.3 Å². The summed E-state index contributed by atoms with van der Waals surface area (Å²) in [6.45, 7) is 4.55. The van der Waals surface area contributed by atoms with Gasteiger partial charge in [0.05, 0.1) is 6.61 Å². The molecular formula is C20H26N2O3. The first kappa shape index (κ1) is 18.8. The smallest absolute Gasteiger partial charge is 0.251 e. The summed E-state index contributed by atoms with van der Waals surface area (Å²) in [6.07, 6.45) is 0. The fourth-order valence-electron chi connectivity index (χ4n) is 2.20. The van der Waals surface area contributed by atoms with Gasteiger partial charge in [-0.3, -0.25) is 4.79 Å². The van der Waals surface area contributed by atoms with Crippen LogP contribution in [0.25, 0.3) is 0 Å². The van der Waals surface area contributed by atoms with Crippen LogP contribution < -0.4 is 14.8 Å². The van der Waals surface area contributed by atoms with Gasteiger partial charge in [-0.05, 0) is 63.0 Å². The Hall–Kier alpha value is -2.53. The molecule has 0 aromatic heterocycles. The molecule has 2 aromatic rings. The number of benzene rings is 2. The van der Waals surface area contributed by atoms with Crippen molar-refractivity contribution in [1.29, 1.82) is 0 Å². The largest absolute Gasteiger partial charge is 0.494 e. The van der Waals surface area contributed by atoms with Crippen LogP contribution in [0.2, 0.25) is 0 Å². The Labute approximate surface area is 149 Å². The minimum Gasteiger partial charge on any atom is -0.494 e. The van der Waals surface area contributed by atoms with Crippen LogP contribution in [0.3, 0.4) is 0 Å². The molecule has 0 aliphatic heterocycles. The SMILES string of the molecule is CCOc1ccc(C(=O)NCc2ccc(OCCN(C)C)cc2)cc1. The lowest BCUT2D eigenvalue weighted by atomic mass is 10.2. The van der Waals surface area contributed by atoms with E-state index in [9.17, 15) is 4.79 Å². The van der Waals surface area contributed by atoms with Crippen molar-refractivity contribution in [2.24, 2.45) is 0 Å². The van der Waals surface area contributed by atoms with Crippen molar-refractivity contribution >= 4 is 5.91 Å². The van der Waals surface area contributed by atoms with Crippen LogP contribution in [-0.2, 0) is 6.54 Å². The highest BCUT2D eigenvalue weighted by atomic mass is 16.5. The van der Waals surface area contributed by atoms with Crippen molar-refractivity contribution in [2.45, 2.75) is 13.5 Å². The highest BCUT2D eigenvalue weighted by Crippen LogP contribution is 2.14. The molecule has 0 radical (unpaired) electrons. The summed E-state index contributed by atoms with van der Waals surface area (Å²) in [7, 11) is 4.03. The third kappa shape index (κ3) is 6.47. The highest BCUT2D eigenvalue weighted by Gasteiger charge is 2.05. The average molecular weight is 342 g/mol. The van der Waals surface area contributed by atoms with Crippen LogP contribution in [0, 0.1) is 0 Å². The maximum Gasteiger partial charge on any atom is 0.251 e. The number of hydrogen-bond acceptors (Lipinski definition) is 4. The van der Waals surface area contributed by atoms with Crippen LogP contribution in [0.4, 0.5) is 0 Å². The van der Waals surface area contributed by atoms with Crippen molar-refractivity contribution in [3.05, 3.63) is 59.7 Å². The fraction of sp³-hybridized carbons (Fsp3) is 0.350. The molecule has 1 N–H and O–H groups in total. The van der Waals surface area contributed by atoms with Gasteiger partial charge in [0.1, 0.15) is 18.1 Å². The lowest BCUT2D eigenvalue weighted by molar-refractivity contribution is 0.0951. The number of nitrogens with one attached hydrogen (secondary N) is 1. The Morgan fingerprint density at radius 2 is 1.56 bits per heavy atom. The van der Waals surface area contributed by atoms with Crippen LogP contribution in [-0.4, -0.2) is 44.7 Å². The minimum atomic E-state index is -0.102. The van der Waals surface area contributed by atoms with E-state index in [0.29, 0.717) is 25.3 Å². The molecule has 0 saturated heterocycles. The Bertz CT molecular complexity index is 652. The molecule has 134 valence electrons. The molecule has 0 bridgehead atoms. The zero-order valence-electron chi connectivity index (χ0n) is 15.1. The molecular weight excluding hydrogens is 316 g/mol. The lowest BCUT2D eigenvalue weighted by Crippen LogP contribution is -2.22. The molecule has 0 fully saturated rings. The van der Waals surface area contributed by atoms with Crippen LogP contribution in [0.1, 0.15) is 22.8 Å². The molecule has 0 atom stereocenters. The number of amides is 1. The van der Waals surface area contributed by atoms with Crippen LogP contribution in [0.15, 0.2) is 48.5 Å². The molecule has 0 heterocycles. The lowest BCUT2D eigenvalue weighted by Gasteiger charge is -2.11. The second kappa shape index (κ2) is 9.69. The molecule has 2 aromatic carbocycles. The molecule has 0 aliphatic rings. The Balaban J connectivity index is 1.81. The summed E-state index contributed by atoms with van der Waals surface area (Å²) in [5.74, 6) is 1.50. The zero-order valence-corrected chi connectivity index (χ0v) is 15.1. The number of carbonyl (C=O) groups excluding carboxylic acids is 1. The first-order valence-corrected chi connectivity index (χ1v) is 8.46. The third-order valence-corrected chi connectivity index (χ3v) is 3.61. The molecule has 0 spiro atoms. The van der Waals surface area contributed by atoms with Gasteiger partial charge in [-0.2, -0.15) is 0 Å². The van der Waals surface area contributed by atoms with Crippen molar-refractivity contribution < 1.29 is 14.3 Å². The van der Waals surface area contributed by atoms with Gasteiger partial charge in [-0.25, -0.2) is 0 Å². The number of hydrogen-bond donors (Lipinski definition) is 1. The molecule has 0 unspecified atom stereocenters. The van der Waals surface area contributed by atoms with E-state index in [-0.39, 0.29) is 5.91 Å². The quantitative estimate of drug-likeness (QED) is 0.761. The zero-order chi connectivity index (χ0) is 18.1. The van der Waals surface area contributed by atoms with Gasteiger partial charge >= 0.3 is 0 Å². The van der Waals surface area contributed by atoms with E-state index in [2.05, 4.69) is 10.2 Å². The van der Waals surface area contributed by atoms with Gasteiger partial charge < -0.3 is 19.7 Å². The van der Waals surface area contributed by atoms with Crippen molar-refractivity contribution in [2.75, 3.05) is 33.9 Å². The summed E-state index contributed by atoms with van der Waals surface area (Å²) in [5, 5.41) is 2.92. The molecule has 5 nitrogen and oxygen atoms in total. The van der Waals surface area contributed by atoms with E-state index in [0.717, 1.165) is 23.6 Å². The summed E-state index contributed by atoms with van der Waals surface area (Å²) in [5.41, 5.74) is 1.64. The Morgan fingerprint density at radius 3 is 2.16 bits per heavy atom. The van der Waals surface area contributed by atoms with Crippen LogP contribution >= 0.6 is 0 Å². The second-order valence-electron chi connectivity index (χ2n) is 5.94. The molecule has 2 rings (SSSR count). The van der Waals surface area contributed by atoms with Gasteiger partial charge in [0, 0.05) is 18.7 Å². The Kier molecular flexibility index (Phi) is 7.29. The predicted octanol–water partition coefficient (Wildman–Crippen LogP) is 2.96. The maximum atomic E-state index is 12.2. The molecule has 1 amide bonds. The highest BCUT2D eigenvalue weighted by molar-refractivity contribution is 5.94. The van der Waals surface area contributed by atoms with Gasteiger partial charge in [-0.15, -0.1) is 0 Å². The fourth-order valence-corrected chi connectivity index (χ4v) is 2.20. The normalized spacial score (nSPS) is 10.6. The summed E-state index contributed by atoms with van der Waals surface area (Å²) in [4.78, 5) is 14.3. The predicted molar refractivity (Wildman–Crippen MR) is 99.3 cm³/mol.